The molecule has 1 aromatic heterocycles. The molecule has 194 valence electrons. The summed E-state index contributed by atoms with van der Waals surface area (Å²) >= 11 is 1.61. The van der Waals surface area contributed by atoms with Crippen molar-refractivity contribution in [3.8, 4) is 0 Å². The molecule has 2 fully saturated rings. The van der Waals surface area contributed by atoms with Crippen LogP contribution in [0.2, 0.25) is 0 Å². The van der Waals surface area contributed by atoms with Crippen molar-refractivity contribution >= 4 is 29.5 Å². The number of thioether (sulfide) groups is 1. The predicted molar refractivity (Wildman–Crippen MR) is 143 cm³/mol. The van der Waals surface area contributed by atoms with E-state index < -0.39 is 0 Å². The Morgan fingerprint density at radius 1 is 1.08 bits per heavy atom. The first-order valence-corrected chi connectivity index (χ1v) is 14.1. The van der Waals surface area contributed by atoms with Gasteiger partial charge in [0, 0.05) is 49.0 Å². The van der Waals surface area contributed by atoms with Crippen molar-refractivity contribution in [3.05, 3.63) is 47.2 Å². The Hall–Kier alpha value is -2.61. The van der Waals surface area contributed by atoms with E-state index in [-0.39, 0.29) is 23.2 Å². The highest BCUT2D eigenvalue weighted by molar-refractivity contribution is 7.98. The van der Waals surface area contributed by atoms with E-state index >= 15 is 0 Å². The first-order valence-electron chi connectivity index (χ1n) is 13.1. The van der Waals surface area contributed by atoms with Crippen LogP contribution in [0, 0.1) is 5.92 Å². The Balaban J connectivity index is 1.45. The topological polar surface area (TPSA) is 75.6 Å². The van der Waals surface area contributed by atoms with Crippen LogP contribution in [-0.2, 0) is 20.7 Å². The number of nitrogens with zero attached hydrogens (tertiary/aromatic N) is 4. The molecule has 4 rings (SSSR count). The molecule has 2 saturated heterocycles. The number of anilines is 1. The maximum atomic E-state index is 13.2. The van der Waals surface area contributed by atoms with Crippen LogP contribution in [0.25, 0.3) is 0 Å². The van der Waals surface area contributed by atoms with Gasteiger partial charge in [-0.25, -0.2) is 9.97 Å². The van der Waals surface area contributed by atoms with Crippen LogP contribution in [0.3, 0.4) is 0 Å². The van der Waals surface area contributed by atoms with Gasteiger partial charge in [0.1, 0.15) is 5.82 Å². The van der Waals surface area contributed by atoms with Crippen molar-refractivity contribution in [1.82, 2.24) is 14.9 Å². The number of piperidine rings is 1. The zero-order valence-corrected chi connectivity index (χ0v) is 22.8. The third kappa shape index (κ3) is 6.58. The number of carbonyl (C=O) groups is 2. The van der Waals surface area contributed by atoms with Gasteiger partial charge >= 0.3 is 5.97 Å². The largest absolute Gasteiger partial charge is 0.466 e. The van der Waals surface area contributed by atoms with Gasteiger partial charge < -0.3 is 14.5 Å². The SMILES string of the molecule is CCOC(=O)[C@H]1CCCN(C(=O)c2cccc(CSc3nc(N4CCCC4)cc(C(C)(C)C)n3)c2)C1. The van der Waals surface area contributed by atoms with Gasteiger partial charge in [-0.3, -0.25) is 9.59 Å². The fourth-order valence-electron chi connectivity index (χ4n) is 4.71. The average molecular weight is 511 g/mol. The zero-order chi connectivity index (χ0) is 25.7. The highest BCUT2D eigenvalue weighted by Gasteiger charge is 2.30. The molecule has 0 saturated carbocycles. The van der Waals surface area contributed by atoms with E-state index in [0.29, 0.717) is 31.0 Å². The van der Waals surface area contributed by atoms with Gasteiger partial charge in [-0.2, -0.15) is 0 Å². The molecule has 1 atom stereocenters. The second-order valence-electron chi connectivity index (χ2n) is 10.7. The molecule has 0 unspecified atom stereocenters. The summed E-state index contributed by atoms with van der Waals surface area (Å²) in [6, 6.07) is 9.91. The van der Waals surface area contributed by atoms with E-state index in [9.17, 15) is 9.59 Å². The molecule has 1 amide bonds. The van der Waals surface area contributed by atoms with Crippen molar-refractivity contribution < 1.29 is 14.3 Å². The molecule has 3 heterocycles. The fraction of sp³-hybridized carbons (Fsp3) is 0.571. The van der Waals surface area contributed by atoms with E-state index in [2.05, 4.69) is 31.7 Å². The third-order valence-electron chi connectivity index (χ3n) is 6.76. The molecule has 0 aliphatic carbocycles. The number of likely N-dealkylation sites (tertiary alicyclic amines) is 1. The Morgan fingerprint density at radius 3 is 2.58 bits per heavy atom. The molecular weight excluding hydrogens is 472 g/mol. The Labute approximate surface area is 219 Å². The van der Waals surface area contributed by atoms with Crippen LogP contribution in [0.5, 0.6) is 0 Å². The summed E-state index contributed by atoms with van der Waals surface area (Å²) in [5.41, 5.74) is 2.69. The average Bonchev–Trinajstić information content (AvgIpc) is 3.42. The van der Waals surface area contributed by atoms with Gasteiger partial charge in [-0.1, -0.05) is 44.7 Å². The molecule has 2 aromatic rings. The van der Waals surface area contributed by atoms with Crippen LogP contribution in [0.15, 0.2) is 35.5 Å². The maximum absolute atomic E-state index is 13.2. The highest BCUT2D eigenvalue weighted by atomic mass is 32.2. The minimum atomic E-state index is -0.238. The Bertz CT molecular complexity index is 1080. The van der Waals surface area contributed by atoms with Gasteiger partial charge in [-0.15, -0.1) is 0 Å². The minimum absolute atomic E-state index is 0.0295. The quantitative estimate of drug-likeness (QED) is 0.292. The van der Waals surface area contributed by atoms with Crippen LogP contribution in [0.1, 0.15) is 75.0 Å². The van der Waals surface area contributed by atoms with Gasteiger partial charge in [0.05, 0.1) is 18.2 Å². The molecule has 7 nitrogen and oxygen atoms in total. The number of amides is 1. The lowest BCUT2D eigenvalue weighted by atomic mass is 9.92. The normalized spacial score (nSPS) is 18.4. The number of rotatable bonds is 7. The monoisotopic (exact) mass is 510 g/mol. The second-order valence-corrected chi connectivity index (χ2v) is 11.6. The molecule has 2 aliphatic heterocycles. The van der Waals surface area contributed by atoms with Crippen LogP contribution < -0.4 is 4.90 Å². The molecule has 0 N–H and O–H groups in total. The first kappa shape index (κ1) is 26.5. The molecule has 36 heavy (non-hydrogen) atoms. The number of benzene rings is 1. The standard InChI is InChI=1S/C28H38N4O3S/c1-5-35-26(34)22-12-9-15-32(18-22)25(33)21-11-8-10-20(16-21)19-36-27-29-23(28(2,3)4)17-24(30-27)31-13-6-7-14-31/h8,10-11,16-17,22H,5-7,9,12-15,18-19H2,1-4H3/t22-/m0/s1. The van der Waals surface area contributed by atoms with E-state index in [1.165, 1.54) is 12.8 Å². The highest BCUT2D eigenvalue weighted by Crippen LogP contribution is 2.30. The van der Waals surface area contributed by atoms with E-state index in [4.69, 9.17) is 14.7 Å². The lowest BCUT2D eigenvalue weighted by molar-refractivity contribution is -0.149. The number of hydrogen-bond acceptors (Lipinski definition) is 7. The summed E-state index contributed by atoms with van der Waals surface area (Å²) in [6.07, 6.45) is 3.99. The molecule has 0 radical (unpaired) electrons. The van der Waals surface area contributed by atoms with Crippen molar-refractivity contribution in [2.75, 3.05) is 37.7 Å². The molecule has 8 heteroatoms. The molecule has 0 spiro atoms. The smallest absolute Gasteiger partial charge is 0.310 e. The molecule has 1 aromatic carbocycles. The number of esters is 1. The number of ether oxygens (including phenoxy) is 1. The van der Waals surface area contributed by atoms with Gasteiger partial charge in [-0.05, 0) is 50.3 Å². The summed E-state index contributed by atoms with van der Waals surface area (Å²) in [5, 5.41) is 0.773. The van der Waals surface area contributed by atoms with Gasteiger partial charge in [0.25, 0.3) is 5.91 Å². The van der Waals surface area contributed by atoms with Crippen molar-refractivity contribution in [2.45, 2.75) is 69.7 Å². The summed E-state index contributed by atoms with van der Waals surface area (Å²) in [4.78, 5) is 39.3. The van der Waals surface area contributed by atoms with E-state index in [1.54, 1.807) is 16.7 Å². The Kier molecular flexibility index (Phi) is 8.54. The first-order chi connectivity index (χ1) is 17.2. The van der Waals surface area contributed by atoms with Crippen LogP contribution >= 0.6 is 11.8 Å². The van der Waals surface area contributed by atoms with E-state index in [1.807, 2.05) is 31.2 Å². The summed E-state index contributed by atoms with van der Waals surface area (Å²) in [5.74, 6) is 1.22. The van der Waals surface area contributed by atoms with E-state index in [0.717, 1.165) is 48.2 Å². The number of aromatic nitrogens is 2. The van der Waals surface area contributed by atoms with Crippen molar-refractivity contribution in [2.24, 2.45) is 5.92 Å². The number of hydrogen-bond donors (Lipinski definition) is 0. The van der Waals surface area contributed by atoms with Crippen LogP contribution in [0.4, 0.5) is 5.82 Å². The van der Waals surface area contributed by atoms with Gasteiger partial charge in [0.2, 0.25) is 0 Å². The molecule has 0 bridgehead atoms. The summed E-state index contributed by atoms with van der Waals surface area (Å²) in [6.45, 7) is 11.9. The third-order valence-corrected chi connectivity index (χ3v) is 7.68. The maximum Gasteiger partial charge on any atom is 0.310 e. The molecule has 2 aliphatic rings. The summed E-state index contributed by atoms with van der Waals surface area (Å²) in [7, 11) is 0. The van der Waals surface area contributed by atoms with Crippen molar-refractivity contribution in [1.29, 1.82) is 0 Å². The summed E-state index contributed by atoms with van der Waals surface area (Å²) < 4.78 is 5.18. The van der Waals surface area contributed by atoms with Crippen LogP contribution in [-0.4, -0.2) is 59.5 Å². The minimum Gasteiger partial charge on any atom is -0.466 e. The fourth-order valence-corrected chi connectivity index (χ4v) is 5.50. The molecular formula is C28H38N4O3S. The van der Waals surface area contributed by atoms with Gasteiger partial charge in [0.15, 0.2) is 5.16 Å². The zero-order valence-electron chi connectivity index (χ0n) is 22.0. The second kappa shape index (κ2) is 11.6. The van der Waals surface area contributed by atoms with Crippen molar-refractivity contribution in [3.63, 3.8) is 0 Å². The number of carbonyl (C=O) groups excluding carboxylic acids is 2. The lowest BCUT2D eigenvalue weighted by Gasteiger charge is -2.31. The lowest BCUT2D eigenvalue weighted by Crippen LogP contribution is -2.42. The Morgan fingerprint density at radius 2 is 1.86 bits per heavy atom. The predicted octanol–water partition coefficient (Wildman–Crippen LogP) is 5.08.